The second-order valence-corrected chi connectivity index (χ2v) is 8.84. The molecular formula is C29H29NO. The summed E-state index contributed by atoms with van der Waals surface area (Å²) in [6.07, 6.45) is 11.3. The Morgan fingerprint density at radius 1 is 0.968 bits per heavy atom. The average Bonchev–Trinajstić information content (AvgIpc) is 3.15. The first-order chi connectivity index (χ1) is 15.6. The minimum Gasteiger partial charge on any atom is -0.456 e. The Balaban J connectivity index is 1.69. The van der Waals surface area contributed by atoms with E-state index in [1.54, 1.807) is 6.20 Å². The lowest BCUT2D eigenvalue weighted by molar-refractivity contribution is 0.656. The molecule has 0 saturated heterocycles. The van der Waals surface area contributed by atoms with E-state index in [0.717, 1.165) is 50.7 Å². The number of aromatic nitrogens is 1. The summed E-state index contributed by atoms with van der Waals surface area (Å²) in [4.78, 5) is 4.55. The number of rotatable bonds is 4. The second-order valence-electron chi connectivity index (χ2n) is 8.84. The van der Waals surface area contributed by atoms with E-state index in [2.05, 4.69) is 53.6 Å². The SMILES string of the molecule is [2H]C(C)(C)c1ccnc(-c2ccc3c(c2)oc2c(C([2H])(C)C)cc(C4C=CC=CC4)cc23)c1. The van der Waals surface area contributed by atoms with Crippen LogP contribution in [0.15, 0.2) is 77.4 Å². The molecule has 0 aliphatic heterocycles. The van der Waals surface area contributed by atoms with Gasteiger partial charge in [0.25, 0.3) is 0 Å². The Labute approximate surface area is 187 Å². The summed E-state index contributed by atoms with van der Waals surface area (Å²) in [5, 5.41) is 2.11. The van der Waals surface area contributed by atoms with Crippen molar-refractivity contribution in [2.24, 2.45) is 0 Å². The largest absolute Gasteiger partial charge is 0.456 e. The number of hydrogen-bond acceptors (Lipinski definition) is 2. The van der Waals surface area contributed by atoms with Crippen molar-refractivity contribution in [1.29, 1.82) is 0 Å². The molecule has 1 unspecified atom stereocenters. The maximum atomic E-state index is 8.78. The second kappa shape index (κ2) is 7.85. The first kappa shape index (κ1) is 17.5. The molecule has 0 amide bonds. The van der Waals surface area contributed by atoms with Gasteiger partial charge in [0.2, 0.25) is 0 Å². The van der Waals surface area contributed by atoms with Gasteiger partial charge in [-0.15, -0.1) is 0 Å². The van der Waals surface area contributed by atoms with Crippen LogP contribution in [0.25, 0.3) is 33.2 Å². The van der Waals surface area contributed by atoms with Crippen molar-refractivity contribution in [2.75, 3.05) is 0 Å². The van der Waals surface area contributed by atoms with Gasteiger partial charge in [-0.2, -0.15) is 0 Å². The van der Waals surface area contributed by atoms with Gasteiger partial charge in [0.1, 0.15) is 11.2 Å². The fourth-order valence-corrected chi connectivity index (χ4v) is 4.37. The molecule has 5 rings (SSSR count). The van der Waals surface area contributed by atoms with Crippen LogP contribution >= 0.6 is 0 Å². The van der Waals surface area contributed by atoms with Crippen molar-refractivity contribution < 1.29 is 7.16 Å². The fraction of sp³-hybridized carbons (Fsp3) is 0.276. The highest BCUT2D eigenvalue weighted by Gasteiger charge is 2.19. The number of benzene rings is 2. The summed E-state index contributed by atoms with van der Waals surface area (Å²) in [7, 11) is 0. The van der Waals surface area contributed by atoms with Crippen molar-refractivity contribution in [3.8, 4) is 11.3 Å². The number of hydrogen-bond donors (Lipinski definition) is 0. The van der Waals surface area contributed by atoms with Crippen LogP contribution in [0.1, 0.15) is 71.3 Å². The Bertz CT molecular complexity index is 1410. The van der Waals surface area contributed by atoms with Crippen LogP contribution in [-0.4, -0.2) is 4.98 Å². The highest BCUT2D eigenvalue weighted by atomic mass is 16.3. The van der Waals surface area contributed by atoms with Crippen LogP contribution in [-0.2, 0) is 0 Å². The van der Waals surface area contributed by atoms with Crippen molar-refractivity contribution in [3.63, 3.8) is 0 Å². The van der Waals surface area contributed by atoms with E-state index in [9.17, 15) is 0 Å². The van der Waals surface area contributed by atoms with E-state index in [1.807, 2.05) is 45.9 Å². The van der Waals surface area contributed by atoms with Gasteiger partial charge in [-0.1, -0.05) is 64.1 Å². The molecule has 2 heteroatoms. The van der Waals surface area contributed by atoms with E-state index >= 15 is 0 Å². The van der Waals surface area contributed by atoms with E-state index in [1.165, 1.54) is 5.56 Å². The highest BCUT2D eigenvalue weighted by Crippen LogP contribution is 2.39. The van der Waals surface area contributed by atoms with Gasteiger partial charge in [0.15, 0.2) is 0 Å². The predicted molar refractivity (Wildman–Crippen MR) is 131 cm³/mol. The number of pyridine rings is 1. The zero-order valence-corrected chi connectivity index (χ0v) is 18.6. The van der Waals surface area contributed by atoms with Crippen molar-refractivity contribution in [3.05, 3.63) is 89.7 Å². The lowest BCUT2D eigenvalue weighted by Crippen LogP contribution is -1.99. The summed E-state index contributed by atoms with van der Waals surface area (Å²) in [5.74, 6) is -1.16. The lowest BCUT2D eigenvalue weighted by Gasteiger charge is -2.16. The third-order valence-electron chi connectivity index (χ3n) is 6.18. The van der Waals surface area contributed by atoms with E-state index < -0.39 is 11.8 Å². The molecule has 4 aromatic rings. The van der Waals surface area contributed by atoms with Crippen LogP contribution < -0.4 is 0 Å². The van der Waals surface area contributed by atoms with Gasteiger partial charge in [0.05, 0.1) is 5.69 Å². The minimum atomic E-state index is -0.783. The molecule has 0 saturated carbocycles. The summed E-state index contributed by atoms with van der Waals surface area (Å²) in [6.45, 7) is 7.60. The maximum absolute atomic E-state index is 8.78. The van der Waals surface area contributed by atoms with Crippen molar-refractivity contribution in [1.82, 2.24) is 4.98 Å². The molecule has 0 radical (unpaired) electrons. The number of allylic oxidation sites excluding steroid dienone is 4. The lowest BCUT2D eigenvalue weighted by atomic mass is 9.88. The van der Waals surface area contributed by atoms with Crippen molar-refractivity contribution >= 4 is 21.9 Å². The molecule has 0 N–H and O–H groups in total. The minimum absolute atomic E-state index is 0.310. The summed E-state index contributed by atoms with van der Waals surface area (Å²) >= 11 is 0. The monoisotopic (exact) mass is 409 g/mol. The summed E-state index contributed by atoms with van der Waals surface area (Å²) in [5.41, 5.74) is 6.42. The Hall–Kier alpha value is -3.13. The Morgan fingerprint density at radius 2 is 1.84 bits per heavy atom. The normalized spacial score (nSPS) is 17.9. The quantitative estimate of drug-likeness (QED) is 0.338. The van der Waals surface area contributed by atoms with Crippen LogP contribution in [0.5, 0.6) is 0 Å². The first-order valence-electron chi connectivity index (χ1n) is 11.9. The molecule has 2 heterocycles. The smallest absolute Gasteiger partial charge is 0.138 e. The zero-order valence-electron chi connectivity index (χ0n) is 20.6. The Morgan fingerprint density at radius 3 is 2.58 bits per heavy atom. The van der Waals surface area contributed by atoms with Gasteiger partial charge in [-0.25, -0.2) is 0 Å². The molecule has 2 nitrogen and oxygen atoms in total. The number of fused-ring (bicyclic) bond motifs is 3. The predicted octanol–water partition coefficient (Wildman–Crippen LogP) is 8.49. The third kappa shape index (κ3) is 3.61. The molecule has 156 valence electrons. The molecule has 0 spiro atoms. The standard InChI is InChI=1S/C29H29NO/c1-18(2)21-12-13-30-27(16-21)22-10-11-24-26-15-23(20-8-6-5-7-9-20)14-25(19(3)4)29(26)31-28(24)17-22/h5-8,10-20H,9H2,1-4H3/i18D,19D. The van der Waals surface area contributed by atoms with Crippen LogP contribution in [0, 0.1) is 0 Å². The van der Waals surface area contributed by atoms with Gasteiger partial charge < -0.3 is 4.42 Å². The topological polar surface area (TPSA) is 26.0 Å². The fourth-order valence-electron chi connectivity index (χ4n) is 4.37. The molecule has 2 aromatic carbocycles. The molecule has 0 bridgehead atoms. The summed E-state index contributed by atoms with van der Waals surface area (Å²) in [6, 6.07) is 14.5. The van der Waals surface area contributed by atoms with Gasteiger partial charge in [-0.05, 0) is 65.2 Å². The summed E-state index contributed by atoms with van der Waals surface area (Å²) < 4.78 is 23.5. The molecule has 1 atom stereocenters. The highest BCUT2D eigenvalue weighted by molar-refractivity contribution is 6.07. The van der Waals surface area contributed by atoms with Crippen LogP contribution in [0.2, 0.25) is 0 Å². The van der Waals surface area contributed by atoms with E-state index in [0.29, 0.717) is 5.92 Å². The van der Waals surface area contributed by atoms with Crippen LogP contribution in [0.3, 0.4) is 0 Å². The molecular weight excluding hydrogens is 378 g/mol. The zero-order chi connectivity index (χ0) is 23.4. The molecule has 1 aliphatic rings. The van der Waals surface area contributed by atoms with Gasteiger partial charge in [-0.3, -0.25) is 4.98 Å². The Kier molecular flexibility index (Phi) is 4.44. The van der Waals surface area contributed by atoms with E-state index in [-0.39, 0.29) is 0 Å². The first-order valence-corrected chi connectivity index (χ1v) is 10.9. The van der Waals surface area contributed by atoms with Crippen LogP contribution in [0.4, 0.5) is 0 Å². The van der Waals surface area contributed by atoms with Gasteiger partial charge in [0, 0.05) is 31.2 Å². The molecule has 2 aromatic heterocycles. The number of furan rings is 1. The van der Waals surface area contributed by atoms with Gasteiger partial charge >= 0.3 is 0 Å². The van der Waals surface area contributed by atoms with E-state index in [4.69, 9.17) is 7.16 Å². The molecule has 31 heavy (non-hydrogen) atoms. The van der Waals surface area contributed by atoms with Crippen molar-refractivity contribution in [2.45, 2.75) is 51.8 Å². The molecule has 1 aliphatic carbocycles. The molecule has 0 fully saturated rings. The average molecular weight is 410 g/mol. The maximum Gasteiger partial charge on any atom is 0.138 e. The third-order valence-corrected chi connectivity index (χ3v) is 6.18. The number of nitrogens with zero attached hydrogens (tertiary/aromatic N) is 1.